The second-order valence-electron chi connectivity index (χ2n) is 10.9. The van der Waals surface area contributed by atoms with Gasteiger partial charge in [0.1, 0.15) is 0 Å². The number of allylic oxidation sites excluding steroid dienone is 3. The fourth-order valence-corrected chi connectivity index (χ4v) is 8.30. The summed E-state index contributed by atoms with van der Waals surface area (Å²) in [4.78, 5) is 0. The van der Waals surface area contributed by atoms with Crippen molar-refractivity contribution in [3.63, 3.8) is 0 Å². The summed E-state index contributed by atoms with van der Waals surface area (Å²) in [7, 11) is 0. The molecule has 0 spiro atoms. The van der Waals surface area contributed by atoms with Crippen molar-refractivity contribution in [3.05, 3.63) is 104 Å². The van der Waals surface area contributed by atoms with E-state index in [9.17, 15) is 0 Å². The van der Waals surface area contributed by atoms with Crippen molar-refractivity contribution in [2.24, 2.45) is 5.73 Å². The maximum absolute atomic E-state index is 7.19. The van der Waals surface area contributed by atoms with Crippen molar-refractivity contribution in [1.82, 2.24) is 0 Å². The molecule has 2 atom stereocenters. The number of nitrogens with one attached hydrogen (secondary N) is 1. The van der Waals surface area contributed by atoms with Crippen molar-refractivity contribution < 1.29 is 0 Å². The Morgan fingerprint density at radius 3 is 2.65 bits per heavy atom. The van der Waals surface area contributed by atoms with E-state index in [1.807, 2.05) is 11.3 Å². The summed E-state index contributed by atoms with van der Waals surface area (Å²) >= 11 is 1.97. The highest BCUT2D eigenvalue weighted by Crippen LogP contribution is 2.43. The molecule has 2 unspecified atom stereocenters. The minimum Gasteiger partial charge on any atom is -0.380 e. The average Bonchev–Trinajstić information content (AvgIpc) is 3.45. The van der Waals surface area contributed by atoms with Gasteiger partial charge in [0.2, 0.25) is 0 Å². The molecule has 2 nitrogen and oxygen atoms in total. The zero-order valence-corrected chi connectivity index (χ0v) is 21.7. The Morgan fingerprint density at radius 1 is 0.865 bits per heavy atom. The highest BCUT2D eigenvalue weighted by molar-refractivity contribution is 7.17. The number of hydrogen-bond acceptors (Lipinski definition) is 3. The van der Waals surface area contributed by atoms with Crippen LogP contribution in [-0.4, -0.2) is 12.1 Å². The lowest BCUT2D eigenvalue weighted by Crippen LogP contribution is -2.43. The minimum atomic E-state index is -0.0382. The number of thiophene rings is 1. The van der Waals surface area contributed by atoms with E-state index in [0.717, 1.165) is 38.5 Å². The smallest absolute Gasteiger partial charge is 0.0492 e. The molecular weight excluding hydrogens is 468 g/mol. The highest BCUT2D eigenvalue weighted by Gasteiger charge is 2.31. The van der Waals surface area contributed by atoms with E-state index in [1.165, 1.54) is 64.5 Å². The SMILES string of the molecule is NC(C1=CC2=C(CC1)Cc1ccccc12)C1Cc2c(ccc3c4c(sc23)=CCCC=4)-c2ccccc2N1. The van der Waals surface area contributed by atoms with Crippen LogP contribution in [0.15, 0.2) is 77.9 Å². The van der Waals surface area contributed by atoms with Gasteiger partial charge in [0, 0.05) is 38.0 Å². The lowest BCUT2D eigenvalue weighted by Gasteiger charge is -2.29. The van der Waals surface area contributed by atoms with Crippen LogP contribution in [0.4, 0.5) is 5.69 Å². The summed E-state index contributed by atoms with van der Waals surface area (Å²) in [6, 6.07) is 22.5. The van der Waals surface area contributed by atoms with Crippen molar-refractivity contribution in [1.29, 1.82) is 0 Å². The summed E-state index contributed by atoms with van der Waals surface area (Å²) in [5.41, 5.74) is 19.8. The van der Waals surface area contributed by atoms with Crippen molar-refractivity contribution >= 4 is 44.8 Å². The van der Waals surface area contributed by atoms with Gasteiger partial charge < -0.3 is 11.1 Å². The number of hydrogen-bond donors (Lipinski definition) is 2. The van der Waals surface area contributed by atoms with Gasteiger partial charge in [-0.15, -0.1) is 11.3 Å². The number of anilines is 1. The third-order valence-corrected chi connectivity index (χ3v) is 10.1. The lowest BCUT2D eigenvalue weighted by atomic mass is 9.84. The molecule has 3 aliphatic carbocycles. The molecule has 8 rings (SSSR count). The van der Waals surface area contributed by atoms with Crippen molar-refractivity contribution in [2.75, 3.05) is 5.32 Å². The Balaban J connectivity index is 1.25. The Labute approximate surface area is 221 Å². The van der Waals surface area contributed by atoms with Gasteiger partial charge in [-0.1, -0.05) is 84.0 Å². The molecular formula is C34H30N2S. The van der Waals surface area contributed by atoms with Crippen LogP contribution >= 0.6 is 11.3 Å². The maximum Gasteiger partial charge on any atom is 0.0492 e. The second-order valence-corrected chi connectivity index (χ2v) is 12.0. The first-order valence-corrected chi connectivity index (χ1v) is 14.4. The zero-order valence-electron chi connectivity index (χ0n) is 20.9. The molecule has 3 N–H and O–H groups in total. The van der Waals surface area contributed by atoms with Crippen LogP contribution in [0.25, 0.3) is 38.9 Å². The molecule has 37 heavy (non-hydrogen) atoms. The summed E-state index contributed by atoms with van der Waals surface area (Å²) < 4.78 is 2.88. The van der Waals surface area contributed by atoms with Gasteiger partial charge in [0.05, 0.1) is 0 Å². The Kier molecular flexibility index (Phi) is 4.86. The maximum atomic E-state index is 7.19. The van der Waals surface area contributed by atoms with Gasteiger partial charge in [-0.05, 0) is 77.6 Å². The Morgan fingerprint density at radius 2 is 1.70 bits per heavy atom. The molecule has 2 heterocycles. The van der Waals surface area contributed by atoms with Gasteiger partial charge in [0.15, 0.2) is 0 Å². The van der Waals surface area contributed by atoms with E-state index in [4.69, 9.17) is 5.73 Å². The molecule has 1 aromatic heterocycles. The molecule has 3 aromatic carbocycles. The molecule has 0 radical (unpaired) electrons. The predicted octanol–water partition coefficient (Wildman–Crippen LogP) is 6.32. The molecule has 0 saturated carbocycles. The van der Waals surface area contributed by atoms with Crippen LogP contribution in [-0.2, 0) is 12.8 Å². The summed E-state index contributed by atoms with van der Waals surface area (Å²) in [6.45, 7) is 0. The average molecular weight is 499 g/mol. The molecule has 0 bridgehead atoms. The first-order chi connectivity index (χ1) is 18.2. The standard InChI is InChI=1S/C34H30N2S/c35-33(22-14-13-21-17-20-7-1-2-8-23(20)28(21)18-22)31-19-29-24(25-9-3-5-11-30(25)36-31)15-16-27-26-10-4-6-12-32(26)37-34(27)29/h1-3,5,7-12,15-16,18,31,33,36H,4,6,13-14,17,19,35H2. The van der Waals surface area contributed by atoms with Crippen LogP contribution in [0.5, 0.6) is 0 Å². The van der Waals surface area contributed by atoms with Crippen LogP contribution in [0.1, 0.15) is 42.4 Å². The molecule has 1 aliphatic heterocycles. The number of rotatable bonds is 2. The number of nitrogens with two attached hydrogens (primary N) is 1. The van der Waals surface area contributed by atoms with E-state index in [2.05, 4.69) is 84.2 Å². The second kappa shape index (κ2) is 8.31. The number of fused-ring (bicyclic) bond motifs is 9. The molecule has 182 valence electrons. The Hall–Kier alpha value is -3.40. The minimum absolute atomic E-state index is 0.0382. The van der Waals surface area contributed by atoms with E-state index < -0.39 is 0 Å². The van der Waals surface area contributed by atoms with E-state index in [0.29, 0.717) is 0 Å². The zero-order chi connectivity index (χ0) is 24.5. The first kappa shape index (κ1) is 21.7. The van der Waals surface area contributed by atoms with Crippen LogP contribution < -0.4 is 20.8 Å². The van der Waals surface area contributed by atoms with Crippen LogP contribution in [0, 0.1) is 0 Å². The topological polar surface area (TPSA) is 38.0 Å². The van der Waals surface area contributed by atoms with Crippen molar-refractivity contribution in [2.45, 2.75) is 50.6 Å². The fourth-order valence-electron chi connectivity index (χ4n) is 6.97. The molecule has 4 aromatic rings. The summed E-state index contributed by atoms with van der Waals surface area (Å²) in [6.07, 6.45) is 13.8. The third-order valence-electron chi connectivity index (χ3n) is 8.85. The van der Waals surface area contributed by atoms with E-state index >= 15 is 0 Å². The third kappa shape index (κ3) is 3.34. The lowest BCUT2D eigenvalue weighted by molar-refractivity contribution is 0.593. The molecule has 0 saturated heterocycles. The first-order valence-electron chi connectivity index (χ1n) is 13.6. The normalized spacial score (nSPS) is 20.2. The Bertz CT molecular complexity index is 1780. The van der Waals surface area contributed by atoms with Gasteiger partial charge in [0.25, 0.3) is 0 Å². The fraction of sp³-hybridized carbons (Fsp3) is 0.235. The molecule has 4 aliphatic rings. The van der Waals surface area contributed by atoms with Crippen molar-refractivity contribution in [3.8, 4) is 11.1 Å². The van der Waals surface area contributed by atoms with Gasteiger partial charge in [-0.25, -0.2) is 0 Å². The van der Waals surface area contributed by atoms with Crippen LogP contribution in [0.3, 0.4) is 0 Å². The quantitative estimate of drug-likeness (QED) is 0.340. The molecule has 0 amide bonds. The molecule has 0 fully saturated rings. The van der Waals surface area contributed by atoms with Gasteiger partial charge in [-0.3, -0.25) is 0 Å². The highest BCUT2D eigenvalue weighted by atomic mass is 32.1. The van der Waals surface area contributed by atoms with Gasteiger partial charge >= 0.3 is 0 Å². The summed E-state index contributed by atoms with van der Waals surface area (Å²) in [5.74, 6) is 0. The number of benzene rings is 3. The van der Waals surface area contributed by atoms with Gasteiger partial charge in [-0.2, -0.15) is 0 Å². The monoisotopic (exact) mass is 498 g/mol. The van der Waals surface area contributed by atoms with E-state index in [1.54, 1.807) is 5.57 Å². The largest absolute Gasteiger partial charge is 0.380 e. The molecule has 3 heteroatoms. The van der Waals surface area contributed by atoms with Crippen LogP contribution in [0.2, 0.25) is 0 Å². The number of para-hydroxylation sites is 1. The predicted molar refractivity (Wildman–Crippen MR) is 158 cm³/mol. The van der Waals surface area contributed by atoms with E-state index in [-0.39, 0.29) is 12.1 Å². The summed E-state index contributed by atoms with van der Waals surface area (Å²) in [5, 5.41) is 6.77.